The van der Waals surface area contributed by atoms with E-state index in [2.05, 4.69) is 20.3 Å². The quantitative estimate of drug-likeness (QED) is 0.469. The van der Waals surface area contributed by atoms with E-state index in [0.717, 1.165) is 18.2 Å². The van der Waals surface area contributed by atoms with Gasteiger partial charge in [-0.15, -0.1) is 0 Å². The van der Waals surface area contributed by atoms with Crippen molar-refractivity contribution in [2.75, 3.05) is 18.2 Å². The van der Waals surface area contributed by atoms with Gasteiger partial charge in [-0.25, -0.2) is 9.78 Å². The number of nitrogen functional groups attached to an aromatic ring is 1. The molecule has 0 aliphatic heterocycles. The Morgan fingerprint density at radius 2 is 1.91 bits per heavy atom. The van der Waals surface area contributed by atoms with Gasteiger partial charge >= 0.3 is 11.9 Å². The first-order valence-electron chi connectivity index (χ1n) is 9.77. The summed E-state index contributed by atoms with van der Waals surface area (Å²) in [6.07, 6.45) is -3.15. The number of anilines is 2. The molecule has 0 unspecified atom stereocenters. The normalized spacial score (nSPS) is 11.4. The molecule has 4 rings (SSSR count). The number of nitrogens with zero attached hydrogens (tertiary/aromatic N) is 4. The van der Waals surface area contributed by atoms with Gasteiger partial charge in [-0.1, -0.05) is 6.07 Å². The standard InChI is InChI=1S/C22H17F3N6O3/c1-11-17-10-27-20(26)29-18(17)30-21(33)31(11)15-7-14(8-16(9-15)34-2)28-19(32)12-4-3-5-13(6-12)22(23,24)25/h3-10H,1-2H3,(H,28,32)(H2,26,29,30,33). The molecule has 0 aliphatic carbocycles. The van der Waals surface area contributed by atoms with Crippen molar-refractivity contribution >= 4 is 28.6 Å². The number of amides is 1. The first-order chi connectivity index (χ1) is 16.1. The molecule has 174 valence electrons. The van der Waals surface area contributed by atoms with Gasteiger partial charge in [0, 0.05) is 35.3 Å². The lowest BCUT2D eigenvalue weighted by Crippen LogP contribution is -2.24. The van der Waals surface area contributed by atoms with E-state index < -0.39 is 23.3 Å². The summed E-state index contributed by atoms with van der Waals surface area (Å²) in [6, 6.07) is 8.51. The van der Waals surface area contributed by atoms with Crippen LogP contribution in [0.15, 0.2) is 53.5 Å². The minimum atomic E-state index is -4.59. The van der Waals surface area contributed by atoms with Gasteiger partial charge < -0.3 is 15.8 Å². The zero-order valence-electron chi connectivity index (χ0n) is 17.8. The molecule has 0 saturated carbocycles. The smallest absolute Gasteiger partial charge is 0.416 e. The van der Waals surface area contributed by atoms with Crippen molar-refractivity contribution in [1.82, 2.24) is 19.5 Å². The first kappa shape index (κ1) is 22.7. The number of carbonyl (C=O) groups excluding carboxylic acids is 1. The second-order valence-corrected chi connectivity index (χ2v) is 7.23. The molecule has 0 fully saturated rings. The van der Waals surface area contributed by atoms with Gasteiger partial charge in [-0.3, -0.25) is 9.36 Å². The Morgan fingerprint density at radius 1 is 1.15 bits per heavy atom. The van der Waals surface area contributed by atoms with Gasteiger partial charge in [0.1, 0.15) is 5.75 Å². The molecule has 4 aromatic rings. The number of hydrogen-bond donors (Lipinski definition) is 2. The van der Waals surface area contributed by atoms with E-state index in [1.165, 1.54) is 36.1 Å². The average molecular weight is 470 g/mol. The summed E-state index contributed by atoms with van der Waals surface area (Å²) in [5.41, 5.74) is 4.85. The lowest BCUT2D eigenvalue weighted by molar-refractivity contribution is -0.137. The number of rotatable bonds is 4. The second-order valence-electron chi connectivity index (χ2n) is 7.23. The van der Waals surface area contributed by atoms with Crippen LogP contribution in [0.1, 0.15) is 21.6 Å². The topological polar surface area (TPSA) is 125 Å². The number of carbonyl (C=O) groups is 1. The molecule has 3 N–H and O–H groups in total. The fraction of sp³-hybridized carbons (Fsp3) is 0.136. The number of hydrogen-bond acceptors (Lipinski definition) is 7. The molecular weight excluding hydrogens is 453 g/mol. The second kappa shape index (κ2) is 8.46. The van der Waals surface area contributed by atoms with Crippen LogP contribution in [0.25, 0.3) is 16.7 Å². The van der Waals surface area contributed by atoms with E-state index in [-0.39, 0.29) is 28.6 Å². The zero-order chi connectivity index (χ0) is 24.6. The first-order valence-corrected chi connectivity index (χ1v) is 9.77. The predicted octanol–water partition coefficient (Wildman–Crippen LogP) is 3.35. The minimum absolute atomic E-state index is 0.0301. The highest BCUT2D eigenvalue weighted by molar-refractivity contribution is 6.04. The molecule has 2 aromatic carbocycles. The number of alkyl halides is 3. The molecule has 0 aliphatic rings. The third kappa shape index (κ3) is 4.37. The van der Waals surface area contributed by atoms with Crippen molar-refractivity contribution in [1.29, 1.82) is 0 Å². The van der Waals surface area contributed by atoms with Gasteiger partial charge in [0.2, 0.25) is 5.95 Å². The van der Waals surface area contributed by atoms with E-state index >= 15 is 0 Å². The fourth-order valence-electron chi connectivity index (χ4n) is 3.38. The third-order valence-electron chi connectivity index (χ3n) is 5.00. The Kier molecular flexibility index (Phi) is 5.65. The highest BCUT2D eigenvalue weighted by Gasteiger charge is 2.31. The van der Waals surface area contributed by atoms with Crippen molar-refractivity contribution in [2.24, 2.45) is 0 Å². The van der Waals surface area contributed by atoms with Crippen LogP contribution in [0, 0.1) is 6.92 Å². The number of aromatic nitrogens is 4. The summed E-state index contributed by atoms with van der Waals surface area (Å²) in [7, 11) is 1.39. The van der Waals surface area contributed by atoms with Crippen LogP contribution < -0.4 is 21.5 Å². The maximum Gasteiger partial charge on any atom is 0.416 e. The van der Waals surface area contributed by atoms with Crippen molar-refractivity contribution in [3.05, 3.63) is 76.0 Å². The van der Waals surface area contributed by atoms with E-state index in [4.69, 9.17) is 10.5 Å². The van der Waals surface area contributed by atoms with E-state index in [9.17, 15) is 22.8 Å². The molecule has 0 bridgehead atoms. The van der Waals surface area contributed by atoms with Crippen LogP contribution in [-0.4, -0.2) is 32.5 Å². The van der Waals surface area contributed by atoms with Crippen molar-refractivity contribution in [3.8, 4) is 11.4 Å². The van der Waals surface area contributed by atoms with Crippen LogP contribution in [0.3, 0.4) is 0 Å². The van der Waals surface area contributed by atoms with Crippen LogP contribution in [0.4, 0.5) is 24.8 Å². The molecule has 34 heavy (non-hydrogen) atoms. The number of methoxy groups -OCH3 is 1. The Labute approximate surface area is 190 Å². The summed E-state index contributed by atoms with van der Waals surface area (Å²) in [5.74, 6) is -0.510. The SMILES string of the molecule is COc1cc(NC(=O)c2cccc(C(F)(F)F)c2)cc(-n2c(C)c3cnc(N)nc3nc2=O)c1. The Bertz CT molecular complexity index is 1480. The number of halogens is 3. The number of ether oxygens (including phenoxy) is 1. The van der Waals surface area contributed by atoms with Gasteiger partial charge in [0.25, 0.3) is 5.91 Å². The van der Waals surface area contributed by atoms with Crippen LogP contribution in [0.2, 0.25) is 0 Å². The number of benzene rings is 2. The van der Waals surface area contributed by atoms with Crippen molar-refractivity contribution in [2.45, 2.75) is 13.1 Å². The Balaban J connectivity index is 1.76. The summed E-state index contributed by atoms with van der Waals surface area (Å²) >= 11 is 0. The van der Waals surface area contributed by atoms with Gasteiger partial charge in [0.15, 0.2) is 5.65 Å². The van der Waals surface area contributed by atoms with Crippen LogP contribution in [0.5, 0.6) is 5.75 Å². The van der Waals surface area contributed by atoms with E-state index in [1.54, 1.807) is 13.0 Å². The third-order valence-corrected chi connectivity index (χ3v) is 5.00. The summed E-state index contributed by atoms with van der Waals surface area (Å²) < 4.78 is 45.6. The predicted molar refractivity (Wildman–Crippen MR) is 118 cm³/mol. The maximum atomic E-state index is 13.0. The molecule has 9 nitrogen and oxygen atoms in total. The Morgan fingerprint density at radius 3 is 2.62 bits per heavy atom. The van der Waals surface area contributed by atoms with Gasteiger partial charge in [-0.05, 0) is 31.2 Å². The molecule has 0 atom stereocenters. The molecular formula is C22H17F3N6O3. The fourth-order valence-corrected chi connectivity index (χ4v) is 3.38. The molecule has 0 radical (unpaired) electrons. The van der Waals surface area contributed by atoms with Crippen LogP contribution >= 0.6 is 0 Å². The summed E-state index contributed by atoms with van der Waals surface area (Å²) in [6.45, 7) is 1.66. The lowest BCUT2D eigenvalue weighted by Gasteiger charge is -2.15. The molecule has 0 spiro atoms. The zero-order valence-corrected chi connectivity index (χ0v) is 17.8. The highest BCUT2D eigenvalue weighted by Crippen LogP contribution is 2.30. The summed E-state index contributed by atoms with van der Waals surface area (Å²) in [5, 5.41) is 3.02. The van der Waals surface area contributed by atoms with Gasteiger partial charge in [-0.2, -0.15) is 23.1 Å². The molecule has 1 amide bonds. The highest BCUT2D eigenvalue weighted by atomic mass is 19.4. The average Bonchev–Trinajstić information content (AvgIpc) is 2.78. The molecule has 12 heteroatoms. The molecule has 2 aromatic heterocycles. The van der Waals surface area contributed by atoms with Crippen LogP contribution in [-0.2, 0) is 6.18 Å². The minimum Gasteiger partial charge on any atom is -0.497 e. The largest absolute Gasteiger partial charge is 0.497 e. The van der Waals surface area contributed by atoms with E-state index in [1.807, 2.05) is 0 Å². The Hall–Kier alpha value is -4.48. The molecule has 0 saturated heterocycles. The lowest BCUT2D eigenvalue weighted by atomic mass is 10.1. The monoisotopic (exact) mass is 470 g/mol. The number of nitrogens with one attached hydrogen (secondary N) is 1. The maximum absolute atomic E-state index is 13.0. The van der Waals surface area contributed by atoms with Crippen molar-refractivity contribution in [3.63, 3.8) is 0 Å². The number of aryl methyl sites for hydroxylation is 1. The summed E-state index contributed by atoms with van der Waals surface area (Å²) in [4.78, 5) is 37.3. The number of fused-ring (bicyclic) bond motifs is 1. The van der Waals surface area contributed by atoms with Gasteiger partial charge in [0.05, 0.1) is 23.7 Å². The van der Waals surface area contributed by atoms with Crippen molar-refractivity contribution < 1.29 is 22.7 Å². The van der Waals surface area contributed by atoms with E-state index in [0.29, 0.717) is 16.8 Å². The molecule has 2 heterocycles. The number of nitrogens with two attached hydrogens (primary N) is 1.